The molecule has 0 aliphatic carbocycles. The summed E-state index contributed by atoms with van der Waals surface area (Å²) < 4.78 is 19.8. The molecule has 0 saturated carbocycles. The highest BCUT2D eigenvalue weighted by Gasteiger charge is 1.99. The van der Waals surface area contributed by atoms with Crippen LogP contribution in [-0.4, -0.2) is 129 Å². The van der Waals surface area contributed by atoms with Crippen molar-refractivity contribution in [3.05, 3.63) is 12.7 Å². The largest absolute Gasteiger partial charge is 0.460 e. The molecule has 0 amide bonds. The molecule has 0 saturated heterocycles. The SMILES string of the molecule is C.C.C.C=CC(=O)OCCOCCOCCOC.CN.CN.CN.CN.CN.CN.CN.CNCCC(=O)OOC. The van der Waals surface area contributed by atoms with E-state index in [-0.39, 0.29) is 34.9 Å². The number of nitrogens with two attached hydrogens (primary N) is 7. The molecule has 0 unspecified atom stereocenters. The van der Waals surface area contributed by atoms with Gasteiger partial charge in [0.2, 0.25) is 0 Å². The molecule has 15 N–H and O–H groups in total. The van der Waals surface area contributed by atoms with Crippen LogP contribution in [0.3, 0.4) is 0 Å². The minimum absolute atomic E-state index is 0. The summed E-state index contributed by atoms with van der Waals surface area (Å²) in [6.45, 7) is 6.63. The monoisotopic (exact) mass is 617 g/mol. The Morgan fingerprint density at radius 2 is 1.00 bits per heavy atom. The third kappa shape index (κ3) is 151. The molecular formula is C25H76N8O8. The molecule has 16 heteroatoms. The standard InChI is InChI=1S/C10H18O5.C5H11NO3.7CH5N.3CH4/c1-3-10(11)15-9-8-14-7-6-13-5-4-12-2;1-6-4-3-5(7)9-8-2;7*1-2;;;/h3H,1,4-9H2,2H3;6H,3-4H2,1-2H3;7*2H2,1H3;3*1H4. The molecule has 0 aromatic carbocycles. The highest BCUT2D eigenvalue weighted by atomic mass is 17.2. The zero-order valence-corrected chi connectivity index (χ0v) is 25.7. The predicted molar refractivity (Wildman–Crippen MR) is 177 cm³/mol. The Morgan fingerprint density at radius 3 is 1.29 bits per heavy atom. The second-order valence-electron chi connectivity index (χ2n) is 4.06. The lowest BCUT2D eigenvalue weighted by atomic mass is 10.4. The summed E-state index contributed by atoms with van der Waals surface area (Å²) in [5.41, 5.74) is 31.5. The third-order valence-corrected chi connectivity index (χ3v) is 2.20. The number of hydrogen-bond acceptors (Lipinski definition) is 16. The first-order valence-corrected chi connectivity index (χ1v) is 11.5. The lowest BCUT2D eigenvalue weighted by molar-refractivity contribution is -0.254. The lowest BCUT2D eigenvalue weighted by Gasteiger charge is -2.05. The van der Waals surface area contributed by atoms with Gasteiger partial charge in [0.25, 0.3) is 0 Å². The van der Waals surface area contributed by atoms with E-state index in [0.29, 0.717) is 46.0 Å². The van der Waals surface area contributed by atoms with E-state index in [4.69, 9.17) is 18.9 Å². The Labute approximate surface area is 254 Å². The maximum atomic E-state index is 10.6. The molecule has 0 bridgehead atoms. The summed E-state index contributed by atoms with van der Waals surface area (Å²) in [5.74, 6) is -0.790. The highest BCUT2D eigenvalue weighted by molar-refractivity contribution is 5.81. The molecule has 0 aliphatic rings. The van der Waals surface area contributed by atoms with E-state index in [1.807, 2.05) is 0 Å². The second kappa shape index (κ2) is 130. The Balaban J connectivity index is -0.0000000281. The van der Waals surface area contributed by atoms with Gasteiger partial charge in [-0.15, -0.1) is 0 Å². The summed E-state index contributed by atoms with van der Waals surface area (Å²) in [4.78, 5) is 29.3. The van der Waals surface area contributed by atoms with Gasteiger partial charge in [-0.25, -0.2) is 9.59 Å². The van der Waals surface area contributed by atoms with Crippen molar-refractivity contribution in [3.8, 4) is 0 Å². The van der Waals surface area contributed by atoms with E-state index in [9.17, 15) is 9.59 Å². The van der Waals surface area contributed by atoms with E-state index in [1.54, 1.807) is 14.2 Å². The number of nitrogens with one attached hydrogen (secondary N) is 1. The topological polar surface area (TPSA) is 284 Å². The molecule has 0 aromatic rings. The molecule has 0 fully saturated rings. The van der Waals surface area contributed by atoms with Gasteiger partial charge < -0.3 is 64.4 Å². The molecule has 16 nitrogen and oxygen atoms in total. The maximum absolute atomic E-state index is 10.6. The fraction of sp³-hybridized carbons (Fsp3) is 0.840. The van der Waals surface area contributed by atoms with Gasteiger partial charge in [-0.05, 0) is 56.4 Å². The van der Waals surface area contributed by atoms with Crippen LogP contribution in [0.5, 0.6) is 0 Å². The number of ether oxygens (including phenoxy) is 4. The lowest BCUT2D eigenvalue weighted by Crippen LogP contribution is -2.14. The summed E-state index contributed by atoms with van der Waals surface area (Å²) in [7, 11) is 15.2. The summed E-state index contributed by atoms with van der Waals surface area (Å²) in [6.07, 6.45) is 1.46. The van der Waals surface area contributed by atoms with Crippen molar-refractivity contribution < 1.29 is 38.3 Å². The first-order valence-electron chi connectivity index (χ1n) is 11.5. The maximum Gasteiger partial charge on any atom is 0.343 e. The number of methoxy groups -OCH3 is 1. The van der Waals surface area contributed by atoms with Gasteiger partial charge in [-0.2, -0.15) is 4.89 Å². The summed E-state index contributed by atoms with van der Waals surface area (Å²) in [5, 5.41) is 2.80. The zero-order valence-electron chi connectivity index (χ0n) is 25.7. The average Bonchev–Trinajstić information content (AvgIpc) is 3.02. The molecular weight excluding hydrogens is 540 g/mol. The van der Waals surface area contributed by atoms with Crippen LogP contribution in [0.15, 0.2) is 12.7 Å². The van der Waals surface area contributed by atoms with Crippen LogP contribution in [0, 0.1) is 0 Å². The van der Waals surface area contributed by atoms with Gasteiger partial charge >= 0.3 is 11.9 Å². The van der Waals surface area contributed by atoms with E-state index < -0.39 is 5.97 Å². The van der Waals surface area contributed by atoms with Crippen LogP contribution in [0.2, 0.25) is 0 Å². The average molecular weight is 617 g/mol. The van der Waals surface area contributed by atoms with Crippen molar-refractivity contribution in [2.75, 3.05) is 117 Å². The minimum atomic E-state index is -0.435. The van der Waals surface area contributed by atoms with Gasteiger partial charge in [0.05, 0.1) is 46.6 Å². The van der Waals surface area contributed by atoms with Gasteiger partial charge in [-0.1, -0.05) is 28.9 Å². The molecule has 0 aliphatic heterocycles. The summed E-state index contributed by atoms with van der Waals surface area (Å²) >= 11 is 0. The molecule has 0 heterocycles. The smallest absolute Gasteiger partial charge is 0.343 e. The normalized spacial score (nSPS) is 6.66. The molecule has 0 atom stereocenters. The van der Waals surface area contributed by atoms with Crippen molar-refractivity contribution in [1.29, 1.82) is 0 Å². The third-order valence-electron chi connectivity index (χ3n) is 2.20. The number of esters is 1. The Kier molecular flexibility index (Phi) is 244. The minimum Gasteiger partial charge on any atom is -0.460 e. The van der Waals surface area contributed by atoms with E-state index in [0.717, 1.165) is 6.08 Å². The van der Waals surface area contributed by atoms with E-state index >= 15 is 0 Å². The number of hydrogen-bond donors (Lipinski definition) is 8. The quantitative estimate of drug-likeness (QED) is 0.0383. The van der Waals surface area contributed by atoms with Gasteiger partial charge in [-0.3, -0.25) is 4.89 Å². The van der Waals surface area contributed by atoms with Crippen LogP contribution in [-0.2, 0) is 38.3 Å². The van der Waals surface area contributed by atoms with Crippen LogP contribution in [0.4, 0.5) is 0 Å². The molecule has 0 rings (SSSR count). The van der Waals surface area contributed by atoms with E-state index in [1.165, 1.54) is 56.4 Å². The fourth-order valence-corrected chi connectivity index (χ4v) is 1.09. The molecule has 41 heavy (non-hydrogen) atoms. The van der Waals surface area contributed by atoms with Crippen molar-refractivity contribution in [3.63, 3.8) is 0 Å². The zero-order chi connectivity index (χ0) is 32.5. The fourth-order valence-electron chi connectivity index (χ4n) is 1.09. The van der Waals surface area contributed by atoms with Crippen LogP contribution in [0.25, 0.3) is 0 Å². The number of rotatable bonds is 14. The molecule has 264 valence electrons. The van der Waals surface area contributed by atoms with Crippen molar-refractivity contribution in [2.45, 2.75) is 28.7 Å². The highest BCUT2D eigenvalue weighted by Crippen LogP contribution is 1.83. The number of carbonyl (C=O) groups is 2. The molecule has 0 radical (unpaired) electrons. The van der Waals surface area contributed by atoms with Crippen molar-refractivity contribution in [1.82, 2.24) is 5.32 Å². The molecule has 0 spiro atoms. The van der Waals surface area contributed by atoms with Gasteiger partial charge in [0.15, 0.2) is 0 Å². The van der Waals surface area contributed by atoms with Crippen molar-refractivity contribution >= 4 is 11.9 Å². The first kappa shape index (κ1) is 77.3. The van der Waals surface area contributed by atoms with E-state index in [2.05, 4.69) is 61.8 Å². The Bertz CT molecular complexity index is 340. The van der Waals surface area contributed by atoms with Crippen LogP contribution in [0.1, 0.15) is 28.7 Å². The van der Waals surface area contributed by atoms with Gasteiger partial charge in [0.1, 0.15) is 6.61 Å². The predicted octanol–water partition coefficient (Wildman–Crippen LogP) is -0.972. The molecule has 0 aromatic heterocycles. The summed E-state index contributed by atoms with van der Waals surface area (Å²) in [6, 6.07) is 0. The Hall–Kier alpha value is -1.80. The first-order chi connectivity index (χ1) is 18.6. The van der Waals surface area contributed by atoms with Crippen LogP contribution < -0.4 is 45.5 Å². The van der Waals surface area contributed by atoms with Crippen LogP contribution >= 0.6 is 0 Å². The number of carbonyl (C=O) groups excluding carboxylic acids is 2. The van der Waals surface area contributed by atoms with Gasteiger partial charge in [0, 0.05) is 19.7 Å². The second-order valence-corrected chi connectivity index (χ2v) is 4.06. The van der Waals surface area contributed by atoms with Crippen molar-refractivity contribution in [2.24, 2.45) is 40.1 Å². The Morgan fingerprint density at radius 1 is 0.659 bits per heavy atom.